The van der Waals surface area contributed by atoms with E-state index in [1.54, 1.807) is 51.5 Å². The minimum absolute atomic E-state index is 0.579. The molecule has 150 valence electrons. The molecule has 2 heterocycles. The molecule has 0 unspecified atom stereocenters. The lowest BCUT2D eigenvalue weighted by molar-refractivity contribution is 0.319. The molecule has 0 aliphatic rings. The summed E-state index contributed by atoms with van der Waals surface area (Å²) in [5.41, 5.74) is 2.13. The average molecular weight is 428 g/mol. The molecule has 1 N–H and O–H groups in total. The van der Waals surface area contributed by atoms with Crippen LogP contribution in [0.5, 0.6) is 23.0 Å². The van der Waals surface area contributed by atoms with Crippen molar-refractivity contribution in [2.45, 2.75) is 9.79 Å². The number of aromatic amines is 1. The summed E-state index contributed by atoms with van der Waals surface area (Å²) >= 11 is 3.32. The molecule has 4 rings (SSSR count). The summed E-state index contributed by atoms with van der Waals surface area (Å²) in [6.07, 6.45) is 0. The fourth-order valence-corrected chi connectivity index (χ4v) is 5.20. The Hall–Kier alpha value is -2.77. The van der Waals surface area contributed by atoms with Crippen LogP contribution >= 0.6 is 23.1 Å². The van der Waals surface area contributed by atoms with E-state index in [4.69, 9.17) is 18.9 Å². The molecule has 0 radical (unpaired) electrons. The first kappa shape index (κ1) is 19.5. The second kappa shape index (κ2) is 8.31. The van der Waals surface area contributed by atoms with E-state index in [1.165, 1.54) is 4.88 Å². The summed E-state index contributed by atoms with van der Waals surface area (Å²) in [5, 5.41) is 3.17. The van der Waals surface area contributed by atoms with Crippen LogP contribution < -0.4 is 18.9 Å². The van der Waals surface area contributed by atoms with Crippen LogP contribution in [0.2, 0.25) is 0 Å². The van der Waals surface area contributed by atoms with E-state index in [9.17, 15) is 0 Å². The smallest absolute Gasteiger partial charge is 0.204 e. The summed E-state index contributed by atoms with van der Waals surface area (Å²) in [4.78, 5) is 6.77. The zero-order valence-corrected chi connectivity index (χ0v) is 18.2. The van der Waals surface area contributed by atoms with Gasteiger partial charge < -0.3 is 23.9 Å². The molecule has 0 saturated heterocycles. The van der Waals surface area contributed by atoms with Gasteiger partial charge >= 0.3 is 0 Å². The third-order valence-corrected chi connectivity index (χ3v) is 6.66. The van der Waals surface area contributed by atoms with Gasteiger partial charge in [0.2, 0.25) is 5.75 Å². The molecule has 0 bridgehead atoms. The number of nitrogens with one attached hydrogen (secondary N) is 1. The van der Waals surface area contributed by atoms with E-state index in [0.717, 1.165) is 32.1 Å². The van der Waals surface area contributed by atoms with E-state index in [-0.39, 0.29) is 0 Å². The predicted molar refractivity (Wildman–Crippen MR) is 118 cm³/mol. The van der Waals surface area contributed by atoms with Gasteiger partial charge in [-0.1, -0.05) is 17.8 Å². The van der Waals surface area contributed by atoms with Gasteiger partial charge in [-0.2, -0.15) is 0 Å². The lowest BCUT2D eigenvalue weighted by Crippen LogP contribution is -1.96. The van der Waals surface area contributed by atoms with Crippen LogP contribution in [0.4, 0.5) is 0 Å². The highest BCUT2D eigenvalue weighted by atomic mass is 32.2. The monoisotopic (exact) mass is 427 g/mol. The first-order valence-electron chi connectivity index (χ1n) is 8.90. The van der Waals surface area contributed by atoms with Gasteiger partial charge in [0.05, 0.1) is 43.9 Å². The molecule has 0 spiro atoms. The summed E-state index contributed by atoms with van der Waals surface area (Å²) in [6, 6.07) is 14.1. The largest absolute Gasteiger partial charge is 0.497 e. The molecule has 0 amide bonds. The van der Waals surface area contributed by atoms with E-state index < -0.39 is 0 Å². The molecule has 0 aliphatic carbocycles. The number of thiophene rings is 1. The Morgan fingerprint density at radius 1 is 0.862 bits per heavy atom. The number of fused-ring (bicyclic) bond motifs is 1. The average Bonchev–Trinajstić information content (AvgIpc) is 3.41. The number of hydrogen-bond donors (Lipinski definition) is 1. The summed E-state index contributed by atoms with van der Waals surface area (Å²) in [5.74, 6) is 2.67. The Balaban J connectivity index is 1.91. The van der Waals surface area contributed by atoms with E-state index in [0.29, 0.717) is 17.2 Å². The fourth-order valence-electron chi connectivity index (χ4n) is 3.24. The van der Waals surface area contributed by atoms with E-state index in [2.05, 4.69) is 28.6 Å². The van der Waals surface area contributed by atoms with Crippen molar-refractivity contribution < 1.29 is 18.9 Å². The van der Waals surface area contributed by atoms with Gasteiger partial charge in [0.25, 0.3) is 0 Å². The lowest BCUT2D eigenvalue weighted by Gasteiger charge is -2.15. The van der Waals surface area contributed by atoms with Gasteiger partial charge in [0, 0.05) is 15.8 Å². The van der Waals surface area contributed by atoms with E-state index >= 15 is 0 Å². The van der Waals surface area contributed by atoms with Crippen molar-refractivity contribution in [2.75, 3.05) is 28.4 Å². The zero-order valence-electron chi connectivity index (χ0n) is 16.6. The minimum atomic E-state index is 0.579. The molecule has 0 fully saturated rings. The standard InChI is InChI=1S/C22H21NO4S2/c1-24-13-7-8-15-14(12-13)22(19(23-15)17-6-5-11-28-17)29-18-10-9-16(25-2)20(26-3)21(18)27-4/h5-12,23H,1-4H3. The number of hydrogen-bond acceptors (Lipinski definition) is 6. The normalized spacial score (nSPS) is 10.9. The molecule has 2 aromatic carbocycles. The Bertz CT molecular complexity index is 1140. The van der Waals surface area contributed by atoms with Crippen molar-refractivity contribution in [1.82, 2.24) is 4.98 Å². The highest BCUT2D eigenvalue weighted by Crippen LogP contribution is 2.50. The maximum atomic E-state index is 5.69. The molecule has 5 nitrogen and oxygen atoms in total. The predicted octanol–water partition coefficient (Wildman–Crippen LogP) is 6.08. The Morgan fingerprint density at radius 2 is 1.69 bits per heavy atom. The number of benzene rings is 2. The van der Waals surface area contributed by atoms with Crippen LogP contribution in [0, 0.1) is 0 Å². The summed E-state index contributed by atoms with van der Waals surface area (Å²) < 4.78 is 22.1. The zero-order chi connectivity index (χ0) is 20.4. The van der Waals surface area contributed by atoms with Gasteiger partial charge in [0.1, 0.15) is 5.75 Å². The van der Waals surface area contributed by atoms with Gasteiger partial charge in [-0.05, 0) is 41.8 Å². The Labute approximate surface area is 177 Å². The highest BCUT2D eigenvalue weighted by molar-refractivity contribution is 7.99. The van der Waals surface area contributed by atoms with Crippen molar-refractivity contribution in [3.8, 4) is 33.6 Å². The van der Waals surface area contributed by atoms with E-state index in [1.807, 2.05) is 24.3 Å². The Kier molecular flexibility index (Phi) is 5.60. The number of ether oxygens (including phenoxy) is 4. The molecule has 0 aliphatic heterocycles. The fraction of sp³-hybridized carbons (Fsp3) is 0.182. The second-order valence-corrected chi connectivity index (χ2v) is 8.15. The molecule has 2 aromatic heterocycles. The highest BCUT2D eigenvalue weighted by Gasteiger charge is 2.21. The van der Waals surface area contributed by atoms with Crippen LogP contribution in [0.3, 0.4) is 0 Å². The molecular weight excluding hydrogens is 406 g/mol. The molecule has 0 saturated carbocycles. The number of H-pyrrole nitrogens is 1. The molecule has 0 atom stereocenters. The molecule has 29 heavy (non-hydrogen) atoms. The van der Waals surface area contributed by atoms with Gasteiger partial charge in [-0.15, -0.1) is 11.3 Å². The maximum Gasteiger partial charge on any atom is 0.204 e. The van der Waals surface area contributed by atoms with Crippen LogP contribution in [-0.2, 0) is 0 Å². The maximum absolute atomic E-state index is 5.69. The van der Waals surface area contributed by atoms with Gasteiger partial charge in [-0.25, -0.2) is 0 Å². The van der Waals surface area contributed by atoms with Crippen molar-refractivity contribution in [3.05, 3.63) is 47.8 Å². The third-order valence-electron chi connectivity index (χ3n) is 4.61. The van der Waals surface area contributed by atoms with Crippen LogP contribution in [0.1, 0.15) is 0 Å². The van der Waals surface area contributed by atoms with Crippen molar-refractivity contribution in [1.29, 1.82) is 0 Å². The van der Waals surface area contributed by atoms with Crippen molar-refractivity contribution >= 4 is 34.0 Å². The molecular formula is C22H21NO4S2. The number of methoxy groups -OCH3 is 4. The van der Waals surface area contributed by atoms with Crippen LogP contribution in [-0.4, -0.2) is 33.4 Å². The second-order valence-electron chi connectivity index (χ2n) is 6.15. The minimum Gasteiger partial charge on any atom is -0.497 e. The quantitative estimate of drug-likeness (QED) is 0.387. The molecule has 4 aromatic rings. The van der Waals surface area contributed by atoms with Gasteiger partial charge in [0.15, 0.2) is 11.5 Å². The first-order valence-corrected chi connectivity index (χ1v) is 10.6. The third kappa shape index (κ3) is 3.52. The Morgan fingerprint density at radius 3 is 2.34 bits per heavy atom. The van der Waals surface area contributed by atoms with Crippen molar-refractivity contribution in [3.63, 3.8) is 0 Å². The number of rotatable bonds is 7. The first-order chi connectivity index (χ1) is 14.2. The molecule has 7 heteroatoms. The summed E-state index contributed by atoms with van der Waals surface area (Å²) in [7, 11) is 6.55. The number of aromatic nitrogens is 1. The lowest BCUT2D eigenvalue weighted by atomic mass is 10.2. The van der Waals surface area contributed by atoms with Gasteiger partial charge in [-0.3, -0.25) is 0 Å². The van der Waals surface area contributed by atoms with Crippen LogP contribution in [0.15, 0.2) is 57.6 Å². The topological polar surface area (TPSA) is 52.7 Å². The SMILES string of the molecule is COc1ccc2[nH]c(-c3cccs3)c(Sc3ccc(OC)c(OC)c3OC)c2c1. The summed E-state index contributed by atoms with van der Waals surface area (Å²) in [6.45, 7) is 0. The van der Waals surface area contributed by atoms with Crippen molar-refractivity contribution in [2.24, 2.45) is 0 Å². The van der Waals surface area contributed by atoms with Crippen LogP contribution in [0.25, 0.3) is 21.5 Å².